The Hall–Kier alpha value is -2.48. The van der Waals surface area contributed by atoms with Crippen molar-refractivity contribution in [2.24, 2.45) is 0 Å². The topological polar surface area (TPSA) is 87.3 Å². The number of benzene rings is 2. The van der Waals surface area contributed by atoms with Gasteiger partial charge in [-0.25, -0.2) is 4.39 Å². The van der Waals surface area contributed by atoms with Crippen molar-refractivity contribution in [1.82, 2.24) is 10.6 Å². The Morgan fingerprint density at radius 2 is 2.00 bits per heavy atom. The lowest BCUT2D eigenvalue weighted by Crippen LogP contribution is -2.53. The summed E-state index contributed by atoms with van der Waals surface area (Å²) in [7, 11) is 0. The summed E-state index contributed by atoms with van der Waals surface area (Å²) in [4.78, 5) is 35.2. The molecule has 1 fully saturated rings. The molecule has 2 atom stereocenters. The van der Waals surface area contributed by atoms with Gasteiger partial charge >= 0.3 is 0 Å². The van der Waals surface area contributed by atoms with Crippen LogP contribution in [0, 0.1) is 5.82 Å². The van der Waals surface area contributed by atoms with Crippen molar-refractivity contribution in [3.8, 4) is 0 Å². The monoisotopic (exact) mass is 465 g/mol. The third-order valence-corrected chi connectivity index (χ3v) is 5.87. The van der Waals surface area contributed by atoms with Crippen LogP contribution in [0.5, 0.6) is 0 Å². The largest absolute Gasteiger partial charge is 0.351 e. The highest BCUT2D eigenvalue weighted by molar-refractivity contribution is 6.31. The van der Waals surface area contributed by atoms with Gasteiger partial charge in [-0.1, -0.05) is 48.3 Å². The molecule has 0 aliphatic heterocycles. The molecule has 0 aromatic heterocycles. The zero-order valence-corrected chi connectivity index (χ0v) is 18.3. The summed E-state index contributed by atoms with van der Waals surface area (Å²) < 4.78 is 14.6. The first kappa shape index (κ1) is 23.2. The van der Waals surface area contributed by atoms with Crippen LogP contribution in [0.2, 0.25) is 10.0 Å². The van der Waals surface area contributed by atoms with Gasteiger partial charge in [0.15, 0.2) is 0 Å². The summed E-state index contributed by atoms with van der Waals surface area (Å²) in [6.45, 7) is 1.94. The summed E-state index contributed by atoms with van der Waals surface area (Å²) in [6.07, 6.45) is 1.13. The number of halogens is 3. The van der Waals surface area contributed by atoms with Crippen LogP contribution in [0.15, 0.2) is 36.4 Å². The van der Waals surface area contributed by atoms with Crippen molar-refractivity contribution in [2.75, 3.05) is 5.32 Å². The zero-order valence-electron chi connectivity index (χ0n) is 16.8. The van der Waals surface area contributed by atoms with Crippen LogP contribution in [-0.4, -0.2) is 30.2 Å². The molecule has 2 amide bonds. The number of carbonyl (C=O) groups excluding carboxylic acids is 3. The summed E-state index contributed by atoms with van der Waals surface area (Å²) in [5.41, 5.74) is 1.50. The average molecular weight is 466 g/mol. The maximum absolute atomic E-state index is 14.6. The first-order valence-electron chi connectivity index (χ1n) is 9.78. The summed E-state index contributed by atoms with van der Waals surface area (Å²) >= 11 is 11.9. The fourth-order valence-electron chi connectivity index (χ4n) is 3.55. The molecule has 9 heteroatoms. The highest BCUT2D eigenvalue weighted by Crippen LogP contribution is 2.28. The molecule has 3 N–H and O–H groups in total. The fraction of sp³-hybridized carbons (Fsp3) is 0.318. The van der Waals surface area contributed by atoms with Crippen molar-refractivity contribution in [3.05, 3.63) is 63.4 Å². The molecule has 2 aromatic rings. The van der Waals surface area contributed by atoms with Crippen molar-refractivity contribution < 1.29 is 18.8 Å². The number of carbonyl (C=O) groups is 3. The van der Waals surface area contributed by atoms with Crippen molar-refractivity contribution in [2.45, 2.75) is 44.3 Å². The minimum absolute atomic E-state index is 0.0248. The summed E-state index contributed by atoms with van der Waals surface area (Å²) in [5, 5.41) is 9.01. The quantitative estimate of drug-likeness (QED) is 0.491. The number of anilines is 1. The molecule has 164 valence electrons. The van der Waals surface area contributed by atoms with Gasteiger partial charge in [0, 0.05) is 42.1 Å². The van der Waals surface area contributed by atoms with E-state index in [2.05, 4.69) is 16.0 Å². The Kier molecular flexibility index (Phi) is 7.64. The number of hydrogen-bond donors (Lipinski definition) is 3. The second kappa shape index (κ2) is 10.2. The van der Waals surface area contributed by atoms with E-state index in [9.17, 15) is 18.8 Å². The zero-order chi connectivity index (χ0) is 22.5. The molecular formula is C22H22Cl2FN3O3. The van der Waals surface area contributed by atoms with Gasteiger partial charge < -0.3 is 16.0 Å². The van der Waals surface area contributed by atoms with Crippen LogP contribution < -0.4 is 16.0 Å². The number of hydrogen-bond acceptors (Lipinski definition) is 4. The van der Waals surface area contributed by atoms with Gasteiger partial charge in [0.2, 0.25) is 12.3 Å². The van der Waals surface area contributed by atoms with Gasteiger partial charge in [0.05, 0.1) is 11.1 Å². The highest BCUT2D eigenvalue weighted by Gasteiger charge is 2.33. The molecule has 0 spiro atoms. The third-order valence-electron chi connectivity index (χ3n) is 5.35. The van der Waals surface area contributed by atoms with Crippen LogP contribution in [-0.2, 0) is 20.9 Å². The molecule has 6 nitrogen and oxygen atoms in total. The second-order valence-electron chi connectivity index (χ2n) is 7.51. The molecule has 1 aliphatic carbocycles. The Morgan fingerprint density at radius 3 is 2.68 bits per heavy atom. The second-order valence-corrected chi connectivity index (χ2v) is 8.35. The van der Waals surface area contributed by atoms with E-state index in [0.717, 1.165) is 0 Å². The molecule has 1 aliphatic rings. The normalized spacial score (nSPS) is 15.7. The van der Waals surface area contributed by atoms with E-state index < -0.39 is 17.8 Å². The fourth-order valence-corrected chi connectivity index (χ4v) is 3.91. The summed E-state index contributed by atoms with van der Waals surface area (Å²) in [6, 6.07) is 8.62. The van der Waals surface area contributed by atoms with E-state index in [-0.39, 0.29) is 29.3 Å². The molecule has 31 heavy (non-hydrogen) atoms. The van der Waals surface area contributed by atoms with Gasteiger partial charge in [-0.3, -0.25) is 14.4 Å². The maximum atomic E-state index is 14.6. The number of amides is 2. The Balaban J connectivity index is 1.83. The summed E-state index contributed by atoms with van der Waals surface area (Å²) in [5.74, 6) is -1.40. The van der Waals surface area contributed by atoms with Crippen LogP contribution in [0.1, 0.15) is 36.8 Å². The van der Waals surface area contributed by atoms with Gasteiger partial charge in [0.25, 0.3) is 0 Å². The van der Waals surface area contributed by atoms with Crippen molar-refractivity contribution in [1.29, 1.82) is 0 Å². The Bertz CT molecular complexity index is 994. The lowest BCUT2D eigenvalue weighted by atomic mass is 9.88. The van der Waals surface area contributed by atoms with E-state index in [4.69, 9.17) is 23.2 Å². The Labute approximate surface area is 189 Å². The molecule has 2 aromatic carbocycles. The van der Waals surface area contributed by atoms with Gasteiger partial charge in [-0.15, -0.1) is 0 Å². The first-order valence-corrected chi connectivity index (χ1v) is 10.5. The molecule has 1 unspecified atom stereocenters. The van der Waals surface area contributed by atoms with E-state index >= 15 is 0 Å². The van der Waals surface area contributed by atoms with Crippen molar-refractivity contribution in [3.63, 3.8) is 0 Å². The Morgan fingerprint density at radius 1 is 1.26 bits per heavy atom. The standard InChI is InChI=1S/C22H22Cl2FN3O3/c1-12(17-3-2-4-18(24)20(17)25)21(22(31)28-15-8-16(30)9-15)26-10-13-5-6-14(23)7-19(13)27-11-29/h2-7,11-12,15,21,26H,8-10H2,1H3,(H,27,29)(H,28,31)/t12?,21-/m1/s1. The minimum atomic E-state index is -0.816. The molecule has 0 saturated heterocycles. The molecule has 0 bridgehead atoms. The SMILES string of the molecule is CC(c1cccc(Cl)c1F)[C@@H](NCc1ccc(Cl)cc1NC=O)C(=O)NC1CC(=O)C1. The van der Waals surface area contributed by atoms with Gasteiger partial charge in [0.1, 0.15) is 11.6 Å². The lowest BCUT2D eigenvalue weighted by molar-refractivity contribution is -0.129. The van der Waals surface area contributed by atoms with E-state index in [1.807, 2.05) is 0 Å². The predicted molar refractivity (Wildman–Crippen MR) is 118 cm³/mol. The average Bonchev–Trinajstić information content (AvgIpc) is 2.70. The predicted octanol–water partition coefficient (Wildman–Crippen LogP) is 3.81. The van der Waals surface area contributed by atoms with Crippen LogP contribution in [0.3, 0.4) is 0 Å². The minimum Gasteiger partial charge on any atom is -0.351 e. The molecule has 0 heterocycles. The molecular weight excluding hydrogens is 444 g/mol. The van der Waals surface area contributed by atoms with E-state index in [1.54, 1.807) is 37.3 Å². The highest BCUT2D eigenvalue weighted by atomic mass is 35.5. The molecule has 1 saturated carbocycles. The number of nitrogens with one attached hydrogen (secondary N) is 3. The number of Topliss-reactive ketones (excluding diaryl/α,β-unsaturated/α-hetero) is 1. The van der Waals surface area contributed by atoms with Crippen LogP contribution >= 0.6 is 23.2 Å². The molecule has 3 rings (SSSR count). The van der Waals surface area contributed by atoms with Crippen LogP contribution in [0.4, 0.5) is 10.1 Å². The van der Waals surface area contributed by atoms with Gasteiger partial charge in [-0.2, -0.15) is 0 Å². The van der Waals surface area contributed by atoms with Gasteiger partial charge in [-0.05, 0) is 29.3 Å². The van der Waals surface area contributed by atoms with Crippen molar-refractivity contribution >= 4 is 47.0 Å². The van der Waals surface area contributed by atoms with E-state index in [1.165, 1.54) is 6.07 Å². The lowest BCUT2D eigenvalue weighted by Gasteiger charge is -2.31. The number of rotatable bonds is 9. The van der Waals surface area contributed by atoms with E-state index in [0.29, 0.717) is 41.1 Å². The third kappa shape index (κ3) is 5.61. The maximum Gasteiger partial charge on any atom is 0.238 e. The smallest absolute Gasteiger partial charge is 0.238 e. The van der Waals surface area contributed by atoms with Crippen LogP contribution in [0.25, 0.3) is 0 Å². The number of ketones is 1. The molecule has 0 radical (unpaired) electrons. The first-order chi connectivity index (χ1) is 14.8.